The molecule has 3 fully saturated rings. The summed E-state index contributed by atoms with van der Waals surface area (Å²) in [6, 6.07) is -0.316. The third kappa shape index (κ3) is 3.75. The number of hydrogen-bond acceptors (Lipinski definition) is 6. The molecule has 0 aromatic rings. The fraction of sp³-hybridized carbons (Fsp3) is 0.941. The first-order valence-electron chi connectivity index (χ1n) is 8.83. The molecule has 7 nitrogen and oxygen atoms in total. The second kappa shape index (κ2) is 6.53. The van der Waals surface area contributed by atoms with Crippen molar-refractivity contribution in [1.82, 2.24) is 5.32 Å². The van der Waals surface area contributed by atoms with E-state index in [0.717, 1.165) is 12.8 Å². The quantitative estimate of drug-likeness (QED) is 0.819. The van der Waals surface area contributed by atoms with E-state index >= 15 is 0 Å². The summed E-state index contributed by atoms with van der Waals surface area (Å²) < 4.78 is 29.4. The maximum atomic E-state index is 12.3. The Morgan fingerprint density at radius 1 is 1.08 bits per heavy atom. The predicted octanol–water partition coefficient (Wildman–Crippen LogP) is 1.69. The largest absolute Gasteiger partial charge is 0.348 e. The second-order valence-corrected chi connectivity index (χ2v) is 7.63. The molecule has 0 aromatic heterocycles. The van der Waals surface area contributed by atoms with Gasteiger partial charge < -0.3 is 29.0 Å². The van der Waals surface area contributed by atoms with Gasteiger partial charge in [0.25, 0.3) is 0 Å². The first-order valence-corrected chi connectivity index (χ1v) is 8.83. The van der Waals surface area contributed by atoms with Gasteiger partial charge in [-0.1, -0.05) is 13.3 Å². The van der Waals surface area contributed by atoms with Crippen molar-refractivity contribution < 1.29 is 28.5 Å². The number of amides is 1. The van der Waals surface area contributed by atoms with Crippen molar-refractivity contribution in [3.05, 3.63) is 0 Å². The topological polar surface area (TPSA) is 75.3 Å². The van der Waals surface area contributed by atoms with Crippen LogP contribution in [0.2, 0.25) is 0 Å². The van der Waals surface area contributed by atoms with Gasteiger partial charge in [0.15, 0.2) is 17.9 Å². The first-order chi connectivity index (χ1) is 11.2. The molecule has 138 valence electrons. The molecule has 0 spiro atoms. The molecule has 3 heterocycles. The molecule has 0 aromatic carbocycles. The number of unbranched alkanes of at least 4 members (excludes halogenated alkanes) is 1. The molecule has 0 saturated carbocycles. The summed E-state index contributed by atoms with van der Waals surface area (Å²) in [6.07, 6.45) is 0.855. The zero-order chi connectivity index (χ0) is 17.5. The lowest BCUT2D eigenvalue weighted by Gasteiger charge is -2.29. The maximum Gasteiger partial charge on any atom is 0.220 e. The highest BCUT2D eigenvalue weighted by Crippen LogP contribution is 2.40. The summed E-state index contributed by atoms with van der Waals surface area (Å²) in [7, 11) is 0. The Morgan fingerprint density at radius 2 is 1.83 bits per heavy atom. The highest BCUT2D eigenvalue weighted by Gasteiger charge is 2.58. The highest BCUT2D eigenvalue weighted by molar-refractivity contribution is 5.76. The monoisotopic (exact) mass is 343 g/mol. The van der Waals surface area contributed by atoms with Gasteiger partial charge >= 0.3 is 0 Å². The Labute approximate surface area is 143 Å². The van der Waals surface area contributed by atoms with E-state index in [1.807, 2.05) is 27.7 Å². The van der Waals surface area contributed by atoms with E-state index in [4.69, 9.17) is 23.7 Å². The molecule has 0 radical (unpaired) electrons. The minimum absolute atomic E-state index is 0.00239. The molecule has 5 atom stereocenters. The molecule has 3 saturated heterocycles. The number of fused-ring (bicyclic) bond motifs is 1. The van der Waals surface area contributed by atoms with Crippen LogP contribution < -0.4 is 5.32 Å². The van der Waals surface area contributed by atoms with E-state index in [0.29, 0.717) is 13.0 Å². The summed E-state index contributed by atoms with van der Waals surface area (Å²) in [4.78, 5) is 12.3. The third-order valence-electron chi connectivity index (χ3n) is 4.57. The molecule has 1 N–H and O–H groups in total. The molecule has 3 aliphatic rings. The van der Waals surface area contributed by atoms with Gasteiger partial charge in [0.2, 0.25) is 5.91 Å². The zero-order valence-electron chi connectivity index (χ0n) is 15.2. The van der Waals surface area contributed by atoms with Crippen LogP contribution in [0.1, 0.15) is 53.9 Å². The molecule has 3 aliphatic heterocycles. The summed E-state index contributed by atoms with van der Waals surface area (Å²) in [5.41, 5.74) is 0. The minimum Gasteiger partial charge on any atom is -0.348 e. The van der Waals surface area contributed by atoms with Crippen LogP contribution in [0.25, 0.3) is 0 Å². The number of rotatable bonds is 5. The average Bonchev–Trinajstić information content (AvgIpc) is 3.08. The first kappa shape index (κ1) is 18.1. The van der Waals surface area contributed by atoms with Gasteiger partial charge in [-0.3, -0.25) is 4.79 Å². The minimum atomic E-state index is -0.723. The molecule has 0 aliphatic carbocycles. The summed E-state index contributed by atoms with van der Waals surface area (Å²) in [5, 5.41) is 3.07. The Morgan fingerprint density at radius 3 is 2.46 bits per heavy atom. The van der Waals surface area contributed by atoms with Crippen molar-refractivity contribution in [2.75, 3.05) is 6.61 Å². The van der Waals surface area contributed by atoms with Crippen LogP contribution in [-0.4, -0.2) is 54.7 Å². The zero-order valence-corrected chi connectivity index (χ0v) is 15.2. The van der Waals surface area contributed by atoms with Crippen molar-refractivity contribution in [1.29, 1.82) is 0 Å². The van der Waals surface area contributed by atoms with Crippen LogP contribution in [-0.2, 0) is 28.5 Å². The summed E-state index contributed by atoms with van der Waals surface area (Å²) >= 11 is 0. The van der Waals surface area contributed by atoms with Gasteiger partial charge in [-0.2, -0.15) is 0 Å². The Kier molecular flexibility index (Phi) is 4.92. The van der Waals surface area contributed by atoms with Crippen LogP contribution >= 0.6 is 0 Å². The number of nitrogens with one attached hydrogen (secondary N) is 1. The summed E-state index contributed by atoms with van der Waals surface area (Å²) in [5.74, 6) is -1.37. The van der Waals surface area contributed by atoms with Crippen LogP contribution in [0.4, 0.5) is 0 Å². The van der Waals surface area contributed by atoms with E-state index in [9.17, 15) is 4.79 Å². The smallest absolute Gasteiger partial charge is 0.220 e. The molecule has 0 unspecified atom stereocenters. The number of carbonyl (C=O) groups excluding carboxylic acids is 1. The molecule has 24 heavy (non-hydrogen) atoms. The van der Waals surface area contributed by atoms with Crippen LogP contribution in [0.15, 0.2) is 0 Å². The van der Waals surface area contributed by atoms with Crippen LogP contribution in [0.5, 0.6) is 0 Å². The predicted molar refractivity (Wildman–Crippen MR) is 85.1 cm³/mol. The molecule has 7 heteroatoms. The SMILES string of the molecule is CCCCC(=O)N[C@H]1[C@H]2OC(C)(C)O[C@H]2O[C@@H]1[C@H]1COC(C)(C)O1. The van der Waals surface area contributed by atoms with Gasteiger partial charge in [-0.25, -0.2) is 0 Å². The molecular weight excluding hydrogens is 314 g/mol. The van der Waals surface area contributed by atoms with E-state index in [2.05, 4.69) is 12.2 Å². The lowest BCUT2D eigenvalue weighted by molar-refractivity contribution is -0.223. The number of carbonyl (C=O) groups is 1. The fourth-order valence-electron chi connectivity index (χ4n) is 3.49. The highest BCUT2D eigenvalue weighted by atomic mass is 16.8. The van der Waals surface area contributed by atoms with Crippen molar-refractivity contribution in [2.45, 2.75) is 96.1 Å². The number of ether oxygens (including phenoxy) is 5. The normalized spacial score (nSPS) is 39.8. The summed E-state index contributed by atoms with van der Waals surface area (Å²) in [6.45, 7) is 9.91. The molecule has 3 rings (SSSR count). The Bertz CT molecular complexity index is 480. The molecule has 1 amide bonds. The van der Waals surface area contributed by atoms with Crippen molar-refractivity contribution in [3.63, 3.8) is 0 Å². The van der Waals surface area contributed by atoms with Gasteiger partial charge in [-0.15, -0.1) is 0 Å². The Balaban J connectivity index is 1.72. The van der Waals surface area contributed by atoms with Crippen molar-refractivity contribution in [3.8, 4) is 0 Å². The van der Waals surface area contributed by atoms with Crippen LogP contribution in [0, 0.1) is 0 Å². The van der Waals surface area contributed by atoms with Gasteiger partial charge in [0, 0.05) is 6.42 Å². The number of hydrogen-bond donors (Lipinski definition) is 1. The van der Waals surface area contributed by atoms with Crippen molar-refractivity contribution in [2.24, 2.45) is 0 Å². The van der Waals surface area contributed by atoms with Crippen LogP contribution in [0.3, 0.4) is 0 Å². The maximum absolute atomic E-state index is 12.3. The average molecular weight is 343 g/mol. The standard InChI is InChI=1S/C17H29NO6/c1-6-7-8-11(19)18-12-13(10-9-20-16(2,3)22-10)21-15-14(12)23-17(4,5)24-15/h10,12-15H,6-9H2,1-5H3,(H,18,19)/t10-,12-,13-,14-,15-/m1/s1. The lowest BCUT2D eigenvalue weighted by atomic mass is 10.0. The second-order valence-electron chi connectivity index (χ2n) is 7.63. The van der Waals surface area contributed by atoms with E-state index < -0.39 is 17.9 Å². The third-order valence-corrected chi connectivity index (χ3v) is 4.57. The van der Waals surface area contributed by atoms with Gasteiger partial charge in [0.1, 0.15) is 18.3 Å². The van der Waals surface area contributed by atoms with Gasteiger partial charge in [0.05, 0.1) is 12.6 Å². The van der Waals surface area contributed by atoms with E-state index in [-0.39, 0.29) is 30.3 Å². The lowest BCUT2D eigenvalue weighted by Crippen LogP contribution is -2.52. The molecular formula is C17H29NO6. The fourth-order valence-corrected chi connectivity index (χ4v) is 3.49. The molecule has 0 bridgehead atoms. The van der Waals surface area contributed by atoms with E-state index in [1.54, 1.807) is 0 Å². The Hall–Kier alpha value is -0.730. The van der Waals surface area contributed by atoms with Gasteiger partial charge in [-0.05, 0) is 34.1 Å². The van der Waals surface area contributed by atoms with Crippen molar-refractivity contribution >= 4 is 5.91 Å². The van der Waals surface area contributed by atoms with E-state index in [1.165, 1.54) is 0 Å².